The number of esters is 2. The van der Waals surface area contributed by atoms with E-state index in [0.717, 1.165) is 25.5 Å². The highest BCUT2D eigenvalue weighted by Gasteiger charge is 2.25. The quantitative estimate of drug-likeness (QED) is 0.376. The van der Waals surface area contributed by atoms with E-state index in [4.69, 9.17) is 14.2 Å². The van der Waals surface area contributed by atoms with Crippen molar-refractivity contribution >= 4 is 17.9 Å². The molecular weight excluding hydrogens is 399 g/mol. The van der Waals surface area contributed by atoms with Crippen molar-refractivity contribution in [2.75, 3.05) is 14.2 Å². The van der Waals surface area contributed by atoms with Crippen LogP contribution in [0.5, 0.6) is 5.75 Å². The molecular formula is C21H19FO8. The fourth-order valence-corrected chi connectivity index (χ4v) is 2.47. The predicted molar refractivity (Wildman–Crippen MR) is 101 cm³/mol. The van der Waals surface area contributed by atoms with Gasteiger partial charge in [-0.2, -0.15) is 0 Å². The van der Waals surface area contributed by atoms with E-state index in [9.17, 15) is 23.9 Å². The number of hydrogen-bond donors (Lipinski definition) is 1. The Kier molecular flexibility index (Phi) is 7.92. The normalized spacial score (nSPS) is 10.8. The van der Waals surface area contributed by atoms with E-state index in [0.29, 0.717) is 5.56 Å². The third-order valence-corrected chi connectivity index (χ3v) is 3.83. The van der Waals surface area contributed by atoms with Crippen molar-refractivity contribution in [1.82, 2.24) is 0 Å². The Morgan fingerprint density at radius 1 is 1.07 bits per heavy atom. The maximum absolute atomic E-state index is 14.3. The van der Waals surface area contributed by atoms with Crippen LogP contribution in [0.25, 0.3) is 0 Å². The lowest BCUT2D eigenvalue weighted by atomic mass is 10.1. The van der Waals surface area contributed by atoms with Crippen LogP contribution in [-0.2, 0) is 36.8 Å². The molecule has 0 aliphatic heterocycles. The largest absolute Gasteiger partial charge is 0.500 e. The van der Waals surface area contributed by atoms with E-state index in [1.165, 1.54) is 7.11 Å². The van der Waals surface area contributed by atoms with Gasteiger partial charge in [-0.3, -0.25) is 4.79 Å². The highest BCUT2D eigenvalue weighted by Crippen LogP contribution is 2.28. The summed E-state index contributed by atoms with van der Waals surface area (Å²) in [5.41, 5.74) is -0.331. The molecule has 30 heavy (non-hydrogen) atoms. The smallest absolute Gasteiger partial charge is 0.377 e. The first-order valence-corrected chi connectivity index (χ1v) is 8.60. The molecule has 0 radical (unpaired) electrons. The van der Waals surface area contributed by atoms with Crippen LogP contribution in [0.1, 0.15) is 21.5 Å². The van der Waals surface area contributed by atoms with Crippen molar-refractivity contribution in [1.29, 1.82) is 0 Å². The number of hydrogen-bond acceptors (Lipinski definition) is 7. The van der Waals surface area contributed by atoms with Gasteiger partial charge in [-0.1, -0.05) is 30.3 Å². The fraction of sp³-hybridized carbons (Fsp3) is 0.190. The third kappa shape index (κ3) is 5.81. The summed E-state index contributed by atoms with van der Waals surface area (Å²) in [6.45, 7) is -0.641. The Morgan fingerprint density at radius 3 is 2.37 bits per heavy atom. The van der Waals surface area contributed by atoms with Crippen LogP contribution in [0.3, 0.4) is 0 Å². The second kappa shape index (κ2) is 10.6. The molecule has 0 unspecified atom stereocenters. The first-order valence-electron chi connectivity index (χ1n) is 8.60. The number of aromatic carboxylic acids is 1. The molecule has 1 N–H and O–H groups in total. The van der Waals surface area contributed by atoms with Crippen molar-refractivity contribution in [3.05, 3.63) is 77.0 Å². The summed E-state index contributed by atoms with van der Waals surface area (Å²) in [7, 11) is 2.34. The molecule has 2 aromatic rings. The lowest BCUT2D eigenvalue weighted by Gasteiger charge is -2.14. The van der Waals surface area contributed by atoms with Crippen LogP contribution in [0.15, 0.2) is 54.5 Å². The van der Waals surface area contributed by atoms with Gasteiger partial charge in [0.1, 0.15) is 30.0 Å². The van der Waals surface area contributed by atoms with Crippen molar-refractivity contribution < 1.29 is 42.8 Å². The van der Waals surface area contributed by atoms with Crippen molar-refractivity contribution in [2.24, 2.45) is 0 Å². The van der Waals surface area contributed by atoms with Gasteiger partial charge in [0.2, 0.25) is 5.76 Å². The number of carboxylic acids is 1. The Hall–Kier alpha value is -3.88. The van der Waals surface area contributed by atoms with E-state index in [2.05, 4.69) is 4.74 Å². The molecule has 158 valence electrons. The Balaban J connectivity index is 2.27. The number of benzene rings is 2. The minimum absolute atomic E-state index is 0.0654. The molecule has 0 heterocycles. The number of halogens is 1. The number of methoxy groups -OCH3 is 2. The topological polar surface area (TPSA) is 108 Å². The second-order valence-electron chi connectivity index (χ2n) is 5.84. The van der Waals surface area contributed by atoms with Crippen molar-refractivity contribution in [3.63, 3.8) is 0 Å². The summed E-state index contributed by atoms with van der Waals surface area (Å²) in [5, 5.41) is 9.56. The van der Waals surface area contributed by atoms with Gasteiger partial charge in [0.05, 0.1) is 20.6 Å². The molecule has 0 saturated heterocycles. The van der Waals surface area contributed by atoms with Gasteiger partial charge >= 0.3 is 17.9 Å². The summed E-state index contributed by atoms with van der Waals surface area (Å²) in [5.74, 6) is -4.87. The van der Waals surface area contributed by atoms with E-state index < -0.39 is 47.2 Å². The Labute approximate surface area is 171 Å². The molecule has 0 fully saturated rings. The molecule has 0 aliphatic carbocycles. The summed E-state index contributed by atoms with van der Waals surface area (Å²) in [4.78, 5) is 35.5. The molecule has 2 rings (SSSR count). The molecule has 0 amide bonds. The monoisotopic (exact) mass is 418 g/mol. The average Bonchev–Trinajstić information content (AvgIpc) is 2.73. The molecule has 2 aromatic carbocycles. The lowest BCUT2D eigenvalue weighted by Crippen LogP contribution is -2.16. The van der Waals surface area contributed by atoms with Crippen LogP contribution in [0.2, 0.25) is 0 Å². The molecule has 9 heteroatoms. The Morgan fingerprint density at radius 2 is 1.77 bits per heavy atom. The lowest BCUT2D eigenvalue weighted by molar-refractivity contribution is -0.144. The van der Waals surface area contributed by atoms with E-state index in [1.54, 1.807) is 30.3 Å². The molecule has 0 bridgehead atoms. The van der Waals surface area contributed by atoms with Crippen LogP contribution in [-0.4, -0.2) is 37.2 Å². The highest BCUT2D eigenvalue weighted by atomic mass is 19.1. The molecule has 0 saturated carbocycles. The summed E-state index contributed by atoms with van der Waals surface area (Å²) < 4.78 is 33.9. The fourth-order valence-electron chi connectivity index (χ4n) is 2.47. The third-order valence-electron chi connectivity index (χ3n) is 3.83. The second-order valence-corrected chi connectivity index (χ2v) is 5.84. The van der Waals surface area contributed by atoms with Crippen LogP contribution >= 0.6 is 0 Å². The van der Waals surface area contributed by atoms with Crippen LogP contribution in [0, 0.1) is 5.82 Å². The zero-order valence-electron chi connectivity index (χ0n) is 16.2. The van der Waals surface area contributed by atoms with Gasteiger partial charge in [-0.25, -0.2) is 14.0 Å². The van der Waals surface area contributed by atoms with Gasteiger partial charge in [-0.15, -0.1) is 0 Å². The van der Waals surface area contributed by atoms with E-state index in [-0.39, 0.29) is 12.2 Å². The summed E-state index contributed by atoms with van der Waals surface area (Å²) in [6, 6.07) is 10.7. The van der Waals surface area contributed by atoms with E-state index >= 15 is 0 Å². The Bertz CT molecular complexity index is 953. The minimum atomic E-state index is -1.54. The van der Waals surface area contributed by atoms with Crippen molar-refractivity contribution in [2.45, 2.75) is 13.0 Å². The average molecular weight is 418 g/mol. The minimum Gasteiger partial charge on any atom is -0.500 e. The zero-order chi connectivity index (χ0) is 22.1. The number of carbonyl (C=O) groups is 3. The maximum Gasteiger partial charge on any atom is 0.377 e. The van der Waals surface area contributed by atoms with Gasteiger partial charge in [0, 0.05) is 5.56 Å². The SMILES string of the molecule is CO/C=C(/Oc1ccc(F)c(COC(=O)Cc2ccccc2)c1C(=O)O)C(=O)OC. The molecule has 0 spiro atoms. The maximum atomic E-state index is 14.3. The molecule has 0 aromatic heterocycles. The van der Waals surface area contributed by atoms with Gasteiger partial charge in [0.15, 0.2) is 0 Å². The highest BCUT2D eigenvalue weighted by molar-refractivity contribution is 5.93. The van der Waals surface area contributed by atoms with Gasteiger partial charge in [-0.05, 0) is 17.7 Å². The van der Waals surface area contributed by atoms with E-state index in [1.807, 2.05) is 0 Å². The zero-order valence-corrected chi connectivity index (χ0v) is 16.2. The molecule has 8 nitrogen and oxygen atoms in total. The number of rotatable bonds is 9. The van der Waals surface area contributed by atoms with Gasteiger partial charge < -0.3 is 24.1 Å². The van der Waals surface area contributed by atoms with Gasteiger partial charge in [0.25, 0.3) is 0 Å². The summed E-state index contributed by atoms with van der Waals surface area (Å²) in [6.07, 6.45) is 0.838. The first-order chi connectivity index (χ1) is 14.4. The number of ether oxygens (including phenoxy) is 4. The predicted octanol–water partition coefficient (Wildman–Crippen LogP) is 2.85. The number of carbonyl (C=O) groups excluding carboxylic acids is 2. The van der Waals surface area contributed by atoms with Crippen LogP contribution in [0.4, 0.5) is 4.39 Å². The first kappa shape index (κ1) is 22.4. The molecule has 0 aliphatic rings. The summed E-state index contributed by atoms with van der Waals surface area (Å²) >= 11 is 0. The number of carboxylic acid groups (broad SMARTS) is 1. The van der Waals surface area contributed by atoms with Crippen molar-refractivity contribution in [3.8, 4) is 5.75 Å². The standard InChI is InChI=1S/C21H19FO8/c1-27-12-17(21(26)28-2)30-16-9-8-15(22)14(19(16)20(24)25)11-29-18(23)10-13-6-4-3-5-7-13/h3-9,12H,10-11H2,1-2H3,(H,24,25)/b17-12+. The van der Waals surface area contributed by atoms with Crippen LogP contribution < -0.4 is 4.74 Å². The molecule has 0 atom stereocenters.